The third-order valence-electron chi connectivity index (χ3n) is 6.66. The van der Waals surface area contributed by atoms with Crippen molar-refractivity contribution >= 4 is 27.7 Å². The molecule has 2 amide bonds. The summed E-state index contributed by atoms with van der Waals surface area (Å²) in [5.74, 6) is 0.553. The molecule has 2 heterocycles. The summed E-state index contributed by atoms with van der Waals surface area (Å²) >= 11 is 3.50. The van der Waals surface area contributed by atoms with Gasteiger partial charge in [0.05, 0.1) is 0 Å². The van der Waals surface area contributed by atoms with Crippen molar-refractivity contribution in [3.05, 3.63) is 82.1 Å². The van der Waals surface area contributed by atoms with Crippen LogP contribution in [0, 0.1) is 12.8 Å². The molecule has 0 N–H and O–H groups in total. The van der Waals surface area contributed by atoms with E-state index in [9.17, 15) is 9.59 Å². The number of rotatable bonds is 8. The smallest absolute Gasteiger partial charge is 0.274 e. The summed E-state index contributed by atoms with van der Waals surface area (Å²) in [6.07, 6.45) is 0.771. The fourth-order valence-electron chi connectivity index (χ4n) is 4.68. The Balaban J connectivity index is 1.49. The molecule has 3 aromatic rings. The van der Waals surface area contributed by atoms with Crippen LogP contribution >= 0.6 is 15.9 Å². The summed E-state index contributed by atoms with van der Waals surface area (Å²) in [7, 11) is 1.82. The first kappa shape index (κ1) is 25.9. The summed E-state index contributed by atoms with van der Waals surface area (Å²) in [5, 5.41) is 4.47. The second-order valence-corrected chi connectivity index (χ2v) is 10.3. The largest absolute Gasteiger partial charge is 0.490 e. The molecule has 0 aliphatic carbocycles. The van der Waals surface area contributed by atoms with Gasteiger partial charge >= 0.3 is 0 Å². The van der Waals surface area contributed by atoms with Gasteiger partial charge in [-0.15, -0.1) is 0 Å². The van der Waals surface area contributed by atoms with Crippen molar-refractivity contribution in [2.24, 2.45) is 5.92 Å². The van der Waals surface area contributed by atoms with Crippen LogP contribution in [0.5, 0.6) is 5.75 Å². The molecule has 1 aliphatic rings. The average molecular weight is 554 g/mol. The number of benzene rings is 2. The molecule has 1 aromatic heterocycles. The number of ether oxygens (including phenoxy) is 1. The van der Waals surface area contributed by atoms with Crippen molar-refractivity contribution < 1.29 is 14.3 Å². The maximum atomic E-state index is 13.3. The van der Waals surface area contributed by atoms with Crippen molar-refractivity contribution in [1.29, 1.82) is 0 Å². The van der Waals surface area contributed by atoms with Gasteiger partial charge in [0.15, 0.2) is 5.69 Å². The number of aryl methyl sites for hydroxylation is 2. The Hall–Kier alpha value is -3.13. The molecule has 7 nitrogen and oxygen atoms in total. The second kappa shape index (κ2) is 11.7. The van der Waals surface area contributed by atoms with Crippen molar-refractivity contribution in [1.82, 2.24) is 19.6 Å². The third-order valence-corrected chi connectivity index (χ3v) is 7.15. The lowest BCUT2D eigenvalue weighted by Gasteiger charge is -2.38. The van der Waals surface area contributed by atoms with Crippen molar-refractivity contribution in [2.75, 3.05) is 20.1 Å². The van der Waals surface area contributed by atoms with Gasteiger partial charge in [0.2, 0.25) is 5.91 Å². The maximum absolute atomic E-state index is 13.3. The fourth-order valence-corrected chi connectivity index (χ4v) is 5.06. The predicted molar refractivity (Wildman–Crippen MR) is 143 cm³/mol. The molecule has 2 atom stereocenters. The number of hydrogen-bond donors (Lipinski definition) is 0. The van der Waals surface area contributed by atoms with Crippen LogP contribution in [0.4, 0.5) is 0 Å². The number of amides is 2. The van der Waals surface area contributed by atoms with E-state index in [-0.39, 0.29) is 23.8 Å². The van der Waals surface area contributed by atoms with E-state index in [4.69, 9.17) is 4.74 Å². The molecular weight excluding hydrogens is 520 g/mol. The van der Waals surface area contributed by atoms with E-state index in [1.54, 1.807) is 4.90 Å². The Kier molecular flexibility index (Phi) is 8.46. The Labute approximate surface area is 221 Å². The van der Waals surface area contributed by atoms with E-state index in [0.717, 1.165) is 21.5 Å². The van der Waals surface area contributed by atoms with Crippen LogP contribution in [0.25, 0.3) is 0 Å². The first-order valence-electron chi connectivity index (χ1n) is 12.4. The Morgan fingerprint density at radius 1 is 1.14 bits per heavy atom. The average Bonchev–Trinajstić information content (AvgIpc) is 3.25. The highest BCUT2D eigenvalue weighted by molar-refractivity contribution is 9.10. The number of piperidine rings is 1. The molecule has 0 radical (unpaired) electrons. The standard InChI is InChI=1S/C28H33BrN4O3/c1-4-33-20(2)15-25(30-33)28(35)32-14-13-26(36-24-12-8-11-23(29)17-24)22(19-32)16-27(34)31(3)18-21-9-6-5-7-10-21/h5-12,15,17,22,26H,4,13-14,16,18-19H2,1-3H3/t22-,26-/m0/s1. The maximum Gasteiger partial charge on any atom is 0.274 e. The van der Waals surface area contributed by atoms with E-state index in [1.165, 1.54) is 0 Å². The molecule has 0 spiro atoms. The van der Waals surface area contributed by atoms with Crippen molar-refractivity contribution in [3.8, 4) is 5.75 Å². The molecule has 1 saturated heterocycles. The molecule has 1 fully saturated rings. The fraction of sp³-hybridized carbons (Fsp3) is 0.393. The van der Waals surface area contributed by atoms with E-state index in [2.05, 4.69) is 21.0 Å². The van der Waals surface area contributed by atoms with Crippen LogP contribution in [0.15, 0.2) is 65.1 Å². The topological polar surface area (TPSA) is 67.7 Å². The zero-order valence-corrected chi connectivity index (χ0v) is 22.6. The van der Waals surface area contributed by atoms with Crippen LogP contribution in [-0.2, 0) is 17.9 Å². The van der Waals surface area contributed by atoms with Crippen molar-refractivity contribution in [3.63, 3.8) is 0 Å². The first-order valence-corrected chi connectivity index (χ1v) is 13.2. The Bertz CT molecular complexity index is 1200. The van der Waals surface area contributed by atoms with Gasteiger partial charge in [-0.2, -0.15) is 5.10 Å². The molecule has 0 saturated carbocycles. The predicted octanol–water partition coefficient (Wildman–Crippen LogP) is 4.93. The highest BCUT2D eigenvalue weighted by Gasteiger charge is 2.36. The summed E-state index contributed by atoms with van der Waals surface area (Å²) in [5.41, 5.74) is 2.49. The molecule has 0 unspecified atom stereocenters. The minimum atomic E-state index is -0.174. The molecule has 190 valence electrons. The van der Waals surface area contributed by atoms with E-state index in [0.29, 0.717) is 44.7 Å². The molecule has 1 aliphatic heterocycles. The number of halogens is 1. The molecular formula is C28H33BrN4O3. The SMILES string of the molecule is CCn1nc(C(=O)N2CC[C@H](Oc3cccc(Br)c3)[C@@H](CC(=O)N(C)Cc3ccccc3)C2)cc1C. The summed E-state index contributed by atoms with van der Waals surface area (Å²) in [6.45, 7) is 6.22. The molecule has 36 heavy (non-hydrogen) atoms. The summed E-state index contributed by atoms with van der Waals surface area (Å²) < 4.78 is 9.13. The van der Waals surface area contributed by atoms with Gasteiger partial charge in [-0.05, 0) is 43.7 Å². The zero-order valence-electron chi connectivity index (χ0n) is 21.1. The van der Waals surface area contributed by atoms with Gasteiger partial charge in [-0.1, -0.05) is 52.3 Å². The van der Waals surface area contributed by atoms with E-state index < -0.39 is 0 Å². The number of carbonyl (C=O) groups excluding carboxylic acids is 2. The van der Waals surface area contributed by atoms with Crippen LogP contribution in [0.2, 0.25) is 0 Å². The van der Waals surface area contributed by atoms with Crippen molar-refractivity contribution in [2.45, 2.75) is 45.9 Å². The first-order chi connectivity index (χ1) is 17.3. The normalized spacial score (nSPS) is 17.6. The van der Waals surface area contributed by atoms with Crippen LogP contribution < -0.4 is 4.74 Å². The minimum absolute atomic E-state index is 0.0344. The minimum Gasteiger partial charge on any atom is -0.490 e. The van der Waals surface area contributed by atoms with Gasteiger partial charge in [-0.3, -0.25) is 14.3 Å². The monoisotopic (exact) mass is 552 g/mol. The highest BCUT2D eigenvalue weighted by atomic mass is 79.9. The zero-order chi connectivity index (χ0) is 25.7. The number of aromatic nitrogens is 2. The van der Waals surface area contributed by atoms with E-state index in [1.807, 2.05) is 91.1 Å². The lowest BCUT2D eigenvalue weighted by molar-refractivity contribution is -0.132. The lowest BCUT2D eigenvalue weighted by Crippen LogP contribution is -2.49. The Morgan fingerprint density at radius 3 is 2.61 bits per heavy atom. The quantitative estimate of drug-likeness (QED) is 0.397. The summed E-state index contributed by atoms with van der Waals surface area (Å²) in [4.78, 5) is 30.1. The molecule has 2 aromatic carbocycles. The molecule has 4 rings (SSSR count). The lowest BCUT2D eigenvalue weighted by atomic mass is 9.90. The highest BCUT2D eigenvalue weighted by Crippen LogP contribution is 2.28. The van der Waals surface area contributed by atoms with Crippen LogP contribution in [-0.4, -0.2) is 57.6 Å². The van der Waals surface area contributed by atoms with Gasteiger partial charge in [-0.25, -0.2) is 0 Å². The van der Waals surface area contributed by atoms with Gasteiger partial charge in [0.25, 0.3) is 5.91 Å². The van der Waals surface area contributed by atoms with E-state index >= 15 is 0 Å². The van der Waals surface area contributed by atoms with Crippen LogP contribution in [0.1, 0.15) is 41.5 Å². The van der Waals surface area contributed by atoms with Gasteiger partial charge in [0.1, 0.15) is 11.9 Å². The summed E-state index contributed by atoms with van der Waals surface area (Å²) in [6, 6.07) is 19.5. The Morgan fingerprint density at radius 2 is 1.92 bits per heavy atom. The molecule has 8 heteroatoms. The van der Waals surface area contributed by atoms with Crippen LogP contribution in [0.3, 0.4) is 0 Å². The number of nitrogens with zero attached hydrogens (tertiary/aromatic N) is 4. The third kappa shape index (κ3) is 6.35. The number of likely N-dealkylation sites (tertiary alicyclic amines) is 1. The number of carbonyl (C=O) groups is 2. The second-order valence-electron chi connectivity index (χ2n) is 9.34. The molecule has 0 bridgehead atoms. The number of hydrogen-bond acceptors (Lipinski definition) is 4. The van der Waals surface area contributed by atoms with Gasteiger partial charge < -0.3 is 14.5 Å². The van der Waals surface area contributed by atoms with Gasteiger partial charge in [0, 0.05) is 62.2 Å².